The van der Waals surface area contributed by atoms with E-state index in [4.69, 9.17) is 17.4 Å². The van der Waals surface area contributed by atoms with E-state index in [0.29, 0.717) is 5.69 Å². The predicted molar refractivity (Wildman–Crippen MR) is 76.5 cm³/mol. The van der Waals surface area contributed by atoms with Crippen molar-refractivity contribution in [3.05, 3.63) is 53.3 Å². The first kappa shape index (κ1) is 14.6. The molecule has 0 aliphatic heterocycles. The van der Waals surface area contributed by atoms with Crippen LogP contribution in [0.2, 0.25) is 5.02 Å². The number of anilines is 2. The molecule has 0 fully saturated rings. The highest BCUT2D eigenvalue weighted by atomic mass is 35.5. The Morgan fingerprint density at radius 1 is 1.10 bits per heavy atom. The first-order valence-electron chi connectivity index (χ1n) is 5.47. The summed E-state index contributed by atoms with van der Waals surface area (Å²) in [7, 11) is -3.85. The van der Waals surface area contributed by atoms with Crippen molar-refractivity contribution in [3.63, 3.8) is 0 Å². The number of hydrogen-bond acceptors (Lipinski definition) is 4. The summed E-state index contributed by atoms with van der Waals surface area (Å²) < 4.78 is 39.6. The van der Waals surface area contributed by atoms with Crippen molar-refractivity contribution < 1.29 is 12.8 Å². The largest absolute Gasteiger partial charge is 0.324 e. The number of benzene rings is 2. The molecule has 0 atom stereocenters. The number of rotatable bonds is 4. The Morgan fingerprint density at radius 2 is 1.75 bits per heavy atom. The van der Waals surface area contributed by atoms with E-state index in [0.717, 1.165) is 12.1 Å². The fraction of sp³-hybridized carbons (Fsp3) is 0. The van der Waals surface area contributed by atoms with Gasteiger partial charge in [0.25, 0.3) is 10.0 Å². The van der Waals surface area contributed by atoms with Gasteiger partial charge in [-0.3, -0.25) is 10.6 Å². The molecule has 2 aromatic rings. The summed E-state index contributed by atoms with van der Waals surface area (Å²) in [6.07, 6.45) is 0. The van der Waals surface area contributed by atoms with Gasteiger partial charge >= 0.3 is 0 Å². The fourth-order valence-electron chi connectivity index (χ4n) is 1.51. The van der Waals surface area contributed by atoms with E-state index in [1.54, 1.807) is 0 Å². The molecular formula is C12H11ClFN3O2S. The van der Waals surface area contributed by atoms with Gasteiger partial charge in [0.1, 0.15) is 5.82 Å². The fourth-order valence-corrected chi connectivity index (χ4v) is 2.80. The quantitative estimate of drug-likeness (QED) is 0.598. The second kappa shape index (κ2) is 5.66. The summed E-state index contributed by atoms with van der Waals surface area (Å²) in [6, 6.07) is 9.16. The van der Waals surface area contributed by atoms with Gasteiger partial charge in [-0.2, -0.15) is 0 Å². The van der Waals surface area contributed by atoms with E-state index >= 15 is 0 Å². The monoisotopic (exact) mass is 315 g/mol. The zero-order valence-corrected chi connectivity index (χ0v) is 11.7. The van der Waals surface area contributed by atoms with Gasteiger partial charge in [0.2, 0.25) is 0 Å². The number of halogens is 2. The molecule has 106 valence electrons. The zero-order valence-electron chi connectivity index (χ0n) is 10.1. The Labute approximate surface area is 120 Å². The first-order valence-corrected chi connectivity index (χ1v) is 7.33. The van der Waals surface area contributed by atoms with Gasteiger partial charge in [0, 0.05) is 5.69 Å². The highest BCUT2D eigenvalue weighted by molar-refractivity contribution is 7.92. The molecule has 20 heavy (non-hydrogen) atoms. The lowest BCUT2D eigenvalue weighted by atomic mass is 10.3. The van der Waals surface area contributed by atoms with Crippen molar-refractivity contribution in [2.75, 3.05) is 10.1 Å². The van der Waals surface area contributed by atoms with Gasteiger partial charge in [-0.15, -0.1) is 0 Å². The topological polar surface area (TPSA) is 84.2 Å². The van der Waals surface area contributed by atoms with E-state index in [1.807, 2.05) is 0 Å². The summed E-state index contributed by atoms with van der Waals surface area (Å²) in [5, 5.41) is 0.107. The average molecular weight is 316 g/mol. The summed E-state index contributed by atoms with van der Waals surface area (Å²) in [5.74, 6) is 4.61. The van der Waals surface area contributed by atoms with E-state index in [9.17, 15) is 12.8 Å². The van der Waals surface area contributed by atoms with Gasteiger partial charge in [-0.1, -0.05) is 11.6 Å². The van der Waals surface area contributed by atoms with E-state index in [2.05, 4.69) is 10.1 Å². The maximum atomic E-state index is 13.1. The van der Waals surface area contributed by atoms with Crippen LogP contribution >= 0.6 is 11.6 Å². The van der Waals surface area contributed by atoms with Crippen LogP contribution in [0.25, 0.3) is 0 Å². The standard InChI is InChI=1S/C12H11ClFN3O2S/c13-11-6-1-8(14)7-12(11)17-20(18,19)10-4-2-9(16-15)3-5-10/h1-7,16-17H,15H2. The number of sulfonamides is 1. The number of nitrogen functional groups attached to an aromatic ring is 1. The Morgan fingerprint density at radius 3 is 2.35 bits per heavy atom. The van der Waals surface area contributed by atoms with Crippen LogP contribution in [-0.4, -0.2) is 8.42 Å². The predicted octanol–water partition coefficient (Wildman–Crippen LogP) is 2.57. The molecule has 0 heterocycles. The molecule has 0 unspecified atom stereocenters. The number of hydrazine groups is 1. The molecule has 4 N–H and O–H groups in total. The van der Waals surface area contributed by atoms with Gasteiger partial charge in [-0.05, 0) is 42.5 Å². The third kappa shape index (κ3) is 3.19. The lowest BCUT2D eigenvalue weighted by Gasteiger charge is -2.10. The highest BCUT2D eigenvalue weighted by Crippen LogP contribution is 2.25. The zero-order chi connectivity index (χ0) is 14.8. The van der Waals surface area contributed by atoms with Crippen molar-refractivity contribution in [3.8, 4) is 0 Å². The van der Waals surface area contributed by atoms with Crippen molar-refractivity contribution in [1.29, 1.82) is 0 Å². The Balaban J connectivity index is 2.32. The number of hydrogen-bond donors (Lipinski definition) is 3. The number of nitrogens with two attached hydrogens (primary N) is 1. The molecule has 0 saturated heterocycles. The summed E-state index contributed by atoms with van der Waals surface area (Å²) in [4.78, 5) is 0.0110. The van der Waals surface area contributed by atoms with E-state index in [1.165, 1.54) is 30.3 Å². The molecule has 0 aliphatic carbocycles. The third-order valence-electron chi connectivity index (χ3n) is 2.50. The second-order valence-corrected chi connectivity index (χ2v) is 5.99. The van der Waals surface area contributed by atoms with Crippen LogP contribution < -0.4 is 16.0 Å². The van der Waals surface area contributed by atoms with Crippen LogP contribution in [0.15, 0.2) is 47.4 Å². The van der Waals surface area contributed by atoms with Crippen LogP contribution in [0.1, 0.15) is 0 Å². The SMILES string of the molecule is NNc1ccc(S(=O)(=O)Nc2cc(F)ccc2Cl)cc1. The molecule has 0 spiro atoms. The third-order valence-corrected chi connectivity index (χ3v) is 4.22. The van der Waals surface area contributed by atoms with Crippen LogP contribution in [0, 0.1) is 5.82 Å². The minimum Gasteiger partial charge on any atom is -0.324 e. The molecular weight excluding hydrogens is 305 g/mol. The van der Waals surface area contributed by atoms with Crippen molar-refractivity contribution in [2.45, 2.75) is 4.90 Å². The lowest BCUT2D eigenvalue weighted by Crippen LogP contribution is -2.14. The normalized spacial score (nSPS) is 11.2. The van der Waals surface area contributed by atoms with Gasteiger partial charge in [0.15, 0.2) is 0 Å². The van der Waals surface area contributed by atoms with Crippen LogP contribution in [0.3, 0.4) is 0 Å². The van der Waals surface area contributed by atoms with Gasteiger partial charge in [-0.25, -0.2) is 12.8 Å². The summed E-state index contributed by atoms with van der Waals surface area (Å²) in [5.41, 5.74) is 2.93. The van der Waals surface area contributed by atoms with Crippen molar-refractivity contribution >= 4 is 33.0 Å². The molecule has 0 radical (unpaired) electrons. The minimum absolute atomic E-state index is 0.0110. The Hall–Kier alpha value is -1.83. The van der Waals surface area contributed by atoms with Gasteiger partial charge < -0.3 is 5.43 Å². The molecule has 2 rings (SSSR count). The van der Waals surface area contributed by atoms with Crippen LogP contribution in [-0.2, 0) is 10.0 Å². The summed E-state index contributed by atoms with van der Waals surface area (Å²) >= 11 is 5.82. The second-order valence-electron chi connectivity index (χ2n) is 3.90. The molecule has 8 heteroatoms. The Kier molecular flexibility index (Phi) is 4.12. The molecule has 0 amide bonds. The van der Waals surface area contributed by atoms with Crippen molar-refractivity contribution in [2.24, 2.45) is 5.84 Å². The van der Waals surface area contributed by atoms with Crippen LogP contribution in [0.5, 0.6) is 0 Å². The molecule has 0 aliphatic rings. The molecule has 2 aromatic carbocycles. The molecule has 5 nitrogen and oxygen atoms in total. The molecule has 0 bridgehead atoms. The highest BCUT2D eigenvalue weighted by Gasteiger charge is 2.16. The molecule has 0 saturated carbocycles. The first-order chi connectivity index (χ1) is 9.42. The minimum atomic E-state index is -3.85. The Bertz CT molecular complexity index is 720. The maximum Gasteiger partial charge on any atom is 0.261 e. The maximum absolute atomic E-state index is 13.1. The lowest BCUT2D eigenvalue weighted by molar-refractivity contribution is 0.601. The summed E-state index contributed by atoms with van der Waals surface area (Å²) in [6.45, 7) is 0. The van der Waals surface area contributed by atoms with E-state index < -0.39 is 15.8 Å². The van der Waals surface area contributed by atoms with Crippen molar-refractivity contribution in [1.82, 2.24) is 0 Å². The van der Waals surface area contributed by atoms with E-state index in [-0.39, 0.29) is 15.6 Å². The molecule has 0 aromatic heterocycles. The number of nitrogens with one attached hydrogen (secondary N) is 2. The average Bonchev–Trinajstić information content (AvgIpc) is 2.43. The van der Waals surface area contributed by atoms with Crippen LogP contribution in [0.4, 0.5) is 15.8 Å². The van der Waals surface area contributed by atoms with Gasteiger partial charge in [0.05, 0.1) is 15.6 Å². The smallest absolute Gasteiger partial charge is 0.261 e.